The fourth-order valence-corrected chi connectivity index (χ4v) is 2.04. The first kappa shape index (κ1) is 16.1. The molecule has 0 aromatic heterocycles. The SMILES string of the molecule is CCC(CC)C(CNC(=O)/C=C/CN)N(C)C. The summed E-state index contributed by atoms with van der Waals surface area (Å²) in [5.74, 6) is 0.553. The summed E-state index contributed by atoms with van der Waals surface area (Å²) in [5, 5.41) is 2.93. The molecular weight excluding hydrogens is 214 g/mol. The fraction of sp³-hybridized carbons (Fsp3) is 0.769. The highest BCUT2D eigenvalue weighted by molar-refractivity contribution is 5.87. The zero-order chi connectivity index (χ0) is 13.3. The molecule has 0 aromatic carbocycles. The van der Waals surface area contributed by atoms with E-state index in [2.05, 4.69) is 38.2 Å². The monoisotopic (exact) mass is 241 g/mol. The van der Waals surface area contributed by atoms with E-state index in [1.807, 2.05) is 0 Å². The molecule has 1 unspecified atom stereocenters. The summed E-state index contributed by atoms with van der Waals surface area (Å²) in [4.78, 5) is 13.6. The minimum atomic E-state index is -0.0618. The number of nitrogens with zero attached hydrogens (tertiary/aromatic N) is 1. The molecule has 0 bridgehead atoms. The Bertz CT molecular complexity index is 235. The van der Waals surface area contributed by atoms with Crippen LogP contribution in [0.1, 0.15) is 26.7 Å². The summed E-state index contributed by atoms with van der Waals surface area (Å²) in [6, 6.07) is 0.389. The van der Waals surface area contributed by atoms with Crippen LogP contribution in [0.15, 0.2) is 12.2 Å². The van der Waals surface area contributed by atoms with Crippen LogP contribution in [-0.4, -0.2) is 44.0 Å². The maximum Gasteiger partial charge on any atom is 0.243 e. The summed E-state index contributed by atoms with van der Waals surface area (Å²) < 4.78 is 0. The van der Waals surface area contributed by atoms with Crippen molar-refractivity contribution >= 4 is 5.91 Å². The molecule has 3 N–H and O–H groups in total. The van der Waals surface area contributed by atoms with Crippen LogP contribution in [0.2, 0.25) is 0 Å². The lowest BCUT2D eigenvalue weighted by Gasteiger charge is -2.31. The van der Waals surface area contributed by atoms with Gasteiger partial charge in [-0.2, -0.15) is 0 Å². The minimum absolute atomic E-state index is 0.0618. The van der Waals surface area contributed by atoms with Crippen LogP contribution in [0, 0.1) is 5.92 Å². The molecule has 17 heavy (non-hydrogen) atoms. The zero-order valence-corrected chi connectivity index (χ0v) is 11.6. The second-order valence-corrected chi connectivity index (χ2v) is 4.49. The molecule has 0 aliphatic heterocycles. The summed E-state index contributed by atoms with van der Waals surface area (Å²) in [6.45, 7) is 5.48. The summed E-state index contributed by atoms with van der Waals surface area (Å²) in [7, 11) is 4.12. The molecule has 1 atom stereocenters. The number of hydrogen-bond donors (Lipinski definition) is 2. The van der Waals surface area contributed by atoms with Gasteiger partial charge in [0.05, 0.1) is 0 Å². The standard InChI is InChI=1S/C13H27N3O/c1-5-11(6-2)12(16(3)4)10-15-13(17)8-7-9-14/h7-8,11-12H,5-6,9-10,14H2,1-4H3,(H,15,17)/b8-7+. The van der Waals surface area contributed by atoms with Gasteiger partial charge in [0.1, 0.15) is 0 Å². The molecule has 0 spiro atoms. The predicted molar refractivity (Wildman–Crippen MR) is 72.8 cm³/mol. The number of carbonyl (C=O) groups is 1. The van der Waals surface area contributed by atoms with Crippen LogP contribution in [0.25, 0.3) is 0 Å². The summed E-state index contributed by atoms with van der Waals surface area (Å²) >= 11 is 0. The van der Waals surface area contributed by atoms with Gasteiger partial charge in [-0.1, -0.05) is 32.8 Å². The second kappa shape index (κ2) is 9.19. The molecule has 0 aromatic rings. The molecule has 0 radical (unpaired) electrons. The third kappa shape index (κ3) is 6.44. The molecule has 0 aliphatic rings. The highest BCUT2D eigenvalue weighted by Gasteiger charge is 2.20. The number of nitrogens with two attached hydrogens (primary N) is 1. The normalized spacial score (nSPS) is 13.6. The fourth-order valence-electron chi connectivity index (χ4n) is 2.04. The van der Waals surface area contributed by atoms with E-state index in [1.54, 1.807) is 6.08 Å². The molecule has 4 nitrogen and oxygen atoms in total. The Morgan fingerprint density at radius 2 is 1.94 bits per heavy atom. The van der Waals surface area contributed by atoms with Crippen molar-refractivity contribution in [3.05, 3.63) is 12.2 Å². The van der Waals surface area contributed by atoms with E-state index in [9.17, 15) is 4.79 Å². The van der Waals surface area contributed by atoms with Gasteiger partial charge in [0.2, 0.25) is 5.91 Å². The van der Waals surface area contributed by atoms with E-state index in [0.29, 0.717) is 25.0 Å². The van der Waals surface area contributed by atoms with Gasteiger partial charge in [0.15, 0.2) is 0 Å². The van der Waals surface area contributed by atoms with Crippen molar-refractivity contribution in [2.75, 3.05) is 27.2 Å². The first-order valence-corrected chi connectivity index (χ1v) is 6.37. The Kier molecular flexibility index (Phi) is 8.72. The van der Waals surface area contributed by atoms with Crippen LogP contribution in [-0.2, 0) is 4.79 Å². The molecule has 0 saturated heterocycles. The first-order valence-electron chi connectivity index (χ1n) is 6.37. The number of likely N-dealkylation sites (N-methyl/N-ethyl adjacent to an activating group) is 1. The number of amides is 1. The Balaban J connectivity index is 4.27. The van der Waals surface area contributed by atoms with Crippen LogP contribution in [0.4, 0.5) is 0 Å². The van der Waals surface area contributed by atoms with Crippen LogP contribution < -0.4 is 11.1 Å². The number of carbonyl (C=O) groups excluding carboxylic acids is 1. The third-order valence-electron chi connectivity index (χ3n) is 3.15. The Morgan fingerprint density at radius 1 is 1.35 bits per heavy atom. The molecule has 0 rings (SSSR count). The minimum Gasteiger partial charge on any atom is -0.351 e. The average Bonchev–Trinajstić information content (AvgIpc) is 2.31. The van der Waals surface area contributed by atoms with Crippen molar-refractivity contribution in [2.24, 2.45) is 11.7 Å². The molecule has 4 heteroatoms. The largest absolute Gasteiger partial charge is 0.351 e. The molecular formula is C13H27N3O. The topological polar surface area (TPSA) is 58.4 Å². The molecule has 1 amide bonds. The van der Waals surface area contributed by atoms with E-state index in [0.717, 1.165) is 12.8 Å². The van der Waals surface area contributed by atoms with E-state index in [4.69, 9.17) is 5.73 Å². The number of rotatable bonds is 8. The quantitative estimate of drug-likeness (QED) is 0.623. The number of nitrogens with one attached hydrogen (secondary N) is 1. The predicted octanol–water partition coefficient (Wildman–Crippen LogP) is 0.984. The van der Waals surface area contributed by atoms with Gasteiger partial charge in [0, 0.05) is 25.2 Å². The van der Waals surface area contributed by atoms with Crippen LogP contribution >= 0.6 is 0 Å². The first-order chi connectivity index (χ1) is 8.06. The Labute approximate surface area is 105 Å². The van der Waals surface area contributed by atoms with Gasteiger partial charge in [-0.15, -0.1) is 0 Å². The van der Waals surface area contributed by atoms with Gasteiger partial charge < -0.3 is 16.0 Å². The van der Waals surface area contributed by atoms with Gasteiger partial charge in [-0.25, -0.2) is 0 Å². The average molecular weight is 241 g/mol. The van der Waals surface area contributed by atoms with Crippen molar-refractivity contribution in [3.8, 4) is 0 Å². The number of hydrogen-bond acceptors (Lipinski definition) is 3. The summed E-state index contributed by atoms with van der Waals surface area (Å²) in [5.41, 5.74) is 5.30. The highest BCUT2D eigenvalue weighted by Crippen LogP contribution is 2.16. The van der Waals surface area contributed by atoms with E-state index < -0.39 is 0 Å². The Hall–Kier alpha value is -0.870. The lowest BCUT2D eigenvalue weighted by molar-refractivity contribution is -0.116. The van der Waals surface area contributed by atoms with E-state index in [1.165, 1.54) is 6.08 Å². The highest BCUT2D eigenvalue weighted by atomic mass is 16.1. The van der Waals surface area contributed by atoms with Crippen molar-refractivity contribution < 1.29 is 4.79 Å². The lowest BCUT2D eigenvalue weighted by Crippen LogP contribution is -2.44. The van der Waals surface area contributed by atoms with Gasteiger partial charge in [0.25, 0.3) is 0 Å². The maximum absolute atomic E-state index is 11.5. The molecule has 0 heterocycles. The second-order valence-electron chi connectivity index (χ2n) is 4.49. The maximum atomic E-state index is 11.5. The van der Waals surface area contributed by atoms with Crippen LogP contribution in [0.5, 0.6) is 0 Å². The van der Waals surface area contributed by atoms with E-state index in [-0.39, 0.29) is 5.91 Å². The van der Waals surface area contributed by atoms with Crippen molar-refractivity contribution in [1.29, 1.82) is 0 Å². The lowest BCUT2D eigenvalue weighted by atomic mass is 9.93. The van der Waals surface area contributed by atoms with Crippen LogP contribution in [0.3, 0.4) is 0 Å². The Morgan fingerprint density at radius 3 is 2.35 bits per heavy atom. The van der Waals surface area contributed by atoms with Crippen molar-refractivity contribution in [3.63, 3.8) is 0 Å². The van der Waals surface area contributed by atoms with Crippen molar-refractivity contribution in [2.45, 2.75) is 32.7 Å². The smallest absolute Gasteiger partial charge is 0.243 e. The third-order valence-corrected chi connectivity index (χ3v) is 3.15. The van der Waals surface area contributed by atoms with Gasteiger partial charge >= 0.3 is 0 Å². The summed E-state index contributed by atoms with van der Waals surface area (Å²) in [6.07, 6.45) is 5.43. The molecule has 100 valence electrons. The van der Waals surface area contributed by atoms with E-state index >= 15 is 0 Å². The van der Waals surface area contributed by atoms with Gasteiger partial charge in [-0.05, 0) is 20.0 Å². The zero-order valence-electron chi connectivity index (χ0n) is 11.6. The molecule has 0 aliphatic carbocycles. The molecule has 0 saturated carbocycles. The molecule has 0 fully saturated rings. The van der Waals surface area contributed by atoms with Crippen molar-refractivity contribution in [1.82, 2.24) is 10.2 Å². The van der Waals surface area contributed by atoms with Gasteiger partial charge in [-0.3, -0.25) is 4.79 Å².